The van der Waals surface area contributed by atoms with Crippen LogP contribution in [0, 0.1) is 5.92 Å². The minimum Gasteiger partial charge on any atom is -0.508 e. The maximum atomic E-state index is 11.8. The van der Waals surface area contributed by atoms with Crippen molar-refractivity contribution < 1.29 is 9.90 Å². The van der Waals surface area contributed by atoms with Crippen LogP contribution in [-0.2, 0) is 0 Å². The first-order valence-corrected chi connectivity index (χ1v) is 6.51. The van der Waals surface area contributed by atoms with Gasteiger partial charge in [-0.05, 0) is 43.0 Å². The number of anilines is 1. The van der Waals surface area contributed by atoms with Crippen molar-refractivity contribution in [3.63, 3.8) is 0 Å². The van der Waals surface area contributed by atoms with Gasteiger partial charge in [0.25, 0.3) is 0 Å². The van der Waals surface area contributed by atoms with Crippen LogP contribution >= 0.6 is 0 Å². The molecule has 2 rings (SSSR count). The highest BCUT2D eigenvalue weighted by atomic mass is 16.3. The molecule has 0 aliphatic heterocycles. The van der Waals surface area contributed by atoms with Crippen LogP contribution in [0.5, 0.6) is 5.75 Å². The van der Waals surface area contributed by atoms with E-state index >= 15 is 0 Å². The number of nitrogens with one attached hydrogen (secondary N) is 2. The van der Waals surface area contributed by atoms with E-state index in [0.29, 0.717) is 11.6 Å². The Labute approximate surface area is 107 Å². The van der Waals surface area contributed by atoms with E-state index < -0.39 is 0 Å². The summed E-state index contributed by atoms with van der Waals surface area (Å²) in [5, 5.41) is 15.0. The van der Waals surface area contributed by atoms with Crippen LogP contribution < -0.4 is 10.6 Å². The Morgan fingerprint density at radius 3 is 2.56 bits per heavy atom. The second-order valence-electron chi connectivity index (χ2n) is 5.01. The third-order valence-corrected chi connectivity index (χ3v) is 3.55. The lowest BCUT2D eigenvalue weighted by atomic mass is 9.86. The molecule has 2 unspecified atom stereocenters. The predicted octanol–water partition coefficient (Wildman–Crippen LogP) is 3.09. The second-order valence-corrected chi connectivity index (χ2v) is 5.01. The molecule has 0 radical (unpaired) electrons. The summed E-state index contributed by atoms with van der Waals surface area (Å²) in [6.07, 6.45) is 4.70. The summed E-state index contributed by atoms with van der Waals surface area (Å²) in [5.74, 6) is 0.742. The number of amides is 2. The van der Waals surface area contributed by atoms with Crippen molar-refractivity contribution in [2.45, 2.75) is 38.6 Å². The number of benzene rings is 1. The van der Waals surface area contributed by atoms with E-state index in [4.69, 9.17) is 5.11 Å². The predicted molar refractivity (Wildman–Crippen MR) is 71.7 cm³/mol. The Bertz CT molecular complexity index is 403. The van der Waals surface area contributed by atoms with Gasteiger partial charge in [-0.2, -0.15) is 0 Å². The molecule has 2 atom stereocenters. The number of aromatic hydroxyl groups is 1. The molecule has 0 aromatic heterocycles. The molecule has 18 heavy (non-hydrogen) atoms. The first-order valence-electron chi connectivity index (χ1n) is 6.51. The molecule has 1 fully saturated rings. The summed E-state index contributed by atoms with van der Waals surface area (Å²) in [6, 6.07) is 6.58. The largest absolute Gasteiger partial charge is 0.508 e. The first-order chi connectivity index (χ1) is 8.65. The highest BCUT2D eigenvalue weighted by Crippen LogP contribution is 2.23. The molecule has 98 valence electrons. The lowest BCUT2D eigenvalue weighted by Gasteiger charge is -2.29. The highest BCUT2D eigenvalue weighted by molar-refractivity contribution is 5.89. The van der Waals surface area contributed by atoms with Crippen molar-refractivity contribution in [2.75, 3.05) is 5.32 Å². The summed E-state index contributed by atoms with van der Waals surface area (Å²) in [5.41, 5.74) is 0.689. The SMILES string of the molecule is CC1CCCCC1NC(=O)Nc1ccc(O)cc1. The van der Waals surface area contributed by atoms with Crippen LogP contribution in [-0.4, -0.2) is 17.2 Å². The molecule has 1 aromatic rings. The van der Waals surface area contributed by atoms with Gasteiger partial charge in [0.05, 0.1) is 0 Å². The van der Waals surface area contributed by atoms with Gasteiger partial charge in [-0.3, -0.25) is 0 Å². The summed E-state index contributed by atoms with van der Waals surface area (Å²) >= 11 is 0. The average Bonchev–Trinajstić information content (AvgIpc) is 2.35. The molecule has 1 aliphatic carbocycles. The Morgan fingerprint density at radius 2 is 1.89 bits per heavy atom. The van der Waals surface area contributed by atoms with Gasteiger partial charge in [0, 0.05) is 11.7 Å². The van der Waals surface area contributed by atoms with Crippen molar-refractivity contribution in [1.82, 2.24) is 5.32 Å². The fourth-order valence-corrected chi connectivity index (χ4v) is 2.41. The molecule has 0 heterocycles. The lowest BCUT2D eigenvalue weighted by Crippen LogP contribution is -2.43. The monoisotopic (exact) mass is 248 g/mol. The number of rotatable bonds is 2. The molecule has 4 nitrogen and oxygen atoms in total. The molecule has 3 N–H and O–H groups in total. The van der Waals surface area contributed by atoms with Gasteiger partial charge in [0.2, 0.25) is 0 Å². The first kappa shape index (κ1) is 12.7. The third kappa shape index (κ3) is 3.39. The van der Waals surface area contributed by atoms with Gasteiger partial charge in [0.1, 0.15) is 5.75 Å². The summed E-state index contributed by atoms with van der Waals surface area (Å²) in [6.45, 7) is 2.19. The average molecular weight is 248 g/mol. The Hall–Kier alpha value is -1.71. The molecular weight excluding hydrogens is 228 g/mol. The lowest BCUT2D eigenvalue weighted by molar-refractivity contribution is 0.232. The molecule has 0 spiro atoms. The van der Waals surface area contributed by atoms with Crippen LogP contribution in [0.2, 0.25) is 0 Å². The minimum absolute atomic E-state index is 0.167. The summed E-state index contributed by atoms with van der Waals surface area (Å²) in [7, 11) is 0. The number of hydrogen-bond donors (Lipinski definition) is 3. The quantitative estimate of drug-likeness (QED) is 0.704. The van der Waals surface area contributed by atoms with E-state index in [2.05, 4.69) is 17.6 Å². The van der Waals surface area contributed by atoms with E-state index in [0.717, 1.165) is 6.42 Å². The Kier molecular flexibility index (Phi) is 4.07. The van der Waals surface area contributed by atoms with Gasteiger partial charge in [-0.1, -0.05) is 19.8 Å². The maximum absolute atomic E-state index is 11.8. The fraction of sp³-hybridized carbons (Fsp3) is 0.500. The van der Waals surface area contributed by atoms with Crippen LogP contribution in [0.3, 0.4) is 0 Å². The minimum atomic E-state index is -0.167. The van der Waals surface area contributed by atoms with Gasteiger partial charge in [-0.15, -0.1) is 0 Å². The van der Waals surface area contributed by atoms with E-state index in [1.165, 1.54) is 19.3 Å². The van der Waals surface area contributed by atoms with Gasteiger partial charge in [-0.25, -0.2) is 4.79 Å². The number of carbonyl (C=O) groups excluding carboxylic acids is 1. The van der Waals surface area contributed by atoms with E-state index in [9.17, 15) is 4.79 Å². The number of carbonyl (C=O) groups is 1. The molecular formula is C14H20N2O2. The molecule has 0 saturated heterocycles. The standard InChI is InChI=1S/C14H20N2O2/c1-10-4-2-3-5-13(10)16-14(18)15-11-6-8-12(17)9-7-11/h6-10,13,17H,2-5H2,1H3,(H2,15,16,18). The maximum Gasteiger partial charge on any atom is 0.319 e. The van der Waals surface area contributed by atoms with Crippen LogP contribution in [0.15, 0.2) is 24.3 Å². The van der Waals surface area contributed by atoms with Crippen LogP contribution in [0.4, 0.5) is 10.5 Å². The van der Waals surface area contributed by atoms with Crippen LogP contribution in [0.1, 0.15) is 32.6 Å². The van der Waals surface area contributed by atoms with Crippen molar-refractivity contribution in [2.24, 2.45) is 5.92 Å². The Morgan fingerprint density at radius 1 is 1.22 bits per heavy atom. The molecule has 1 aromatic carbocycles. The number of hydrogen-bond acceptors (Lipinski definition) is 2. The zero-order valence-corrected chi connectivity index (χ0v) is 10.6. The zero-order valence-electron chi connectivity index (χ0n) is 10.6. The highest BCUT2D eigenvalue weighted by Gasteiger charge is 2.22. The summed E-state index contributed by atoms with van der Waals surface area (Å²) < 4.78 is 0. The van der Waals surface area contributed by atoms with Gasteiger partial charge in [0.15, 0.2) is 0 Å². The van der Waals surface area contributed by atoms with E-state index in [1.807, 2.05) is 0 Å². The normalized spacial score (nSPS) is 23.4. The number of phenols is 1. The van der Waals surface area contributed by atoms with Crippen molar-refractivity contribution >= 4 is 11.7 Å². The number of urea groups is 1. The topological polar surface area (TPSA) is 61.4 Å². The smallest absolute Gasteiger partial charge is 0.319 e. The zero-order chi connectivity index (χ0) is 13.0. The molecule has 0 bridgehead atoms. The van der Waals surface area contributed by atoms with E-state index in [-0.39, 0.29) is 17.8 Å². The molecule has 1 saturated carbocycles. The Balaban J connectivity index is 1.86. The number of phenolic OH excluding ortho intramolecular Hbond substituents is 1. The third-order valence-electron chi connectivity index (χ3n) is 3.55. The van der Waals surface area contributed by atoms with Gasteiger partial charge >= 0.3 is 6.03 Å². The van der Waals surface area contributed by atoms with Crippen molar-refractivity contribution in [3.8, 4) is 5.75 Å². The van der Waals surface area contributed by atoms with Crippen molar-refractivity contribution in [3.05, 3.63) is 24.3 Å². The molecule has 1 aliphatic rings. The molecule has 4 heteroatoms. The summed E-state index contributed by atoms with van der Waals surface area (Å²) in [4.78, 5) is 11.8. The fourth-order valence-electron chi connectivity index (χ4n) is 2.41. The second kappa shape index (κ2) is 5.76. The van der Waals surface area contributed by atoms with Crippen LogP contribution in [0.25, 0.3) is 0 Å². The van der Waals surface area contributed by atoms with Gasteiger partial charge < -0.3 is 15.7 Å². The van der Waals surface area contributed by atoms with Crippen molar-refractivity contribution in [1.29, 1.82) is 0 Å². The molecule has 2 amide bonds. The van der Waals surface area contributed by atoms with E-state index in [1.54, 1.807) is 24.3 Å².